The van der Waals surface area contributed by atoms with Crippen LogP contribution < -0.4 is 15.4 Å². The lowest BCUT2D eigenvalue weighted by molar-refractivity contribution is 0.415. The smallest absolute Gasteiger partial charge is 0.191 e. The second-order valence-corrected chi connectivity index (χ2v) is 7.31. The number of methoxy groups -OCH3 is 1. The van der Waals surface area contributed by atoms with Gasteiger partial charge in [0, 0.05) is 29.4 Å². The molecule has 0 aliphatic carbocycles. The molecule has 0 spiro atoms. The van der Waals surface area contributed by atoms with Crippen molar-refractivity contribution >= 4 is 17.3 Å². The molecule has 0 saturated heterocycles. The van der Waals surface area contributed by atoms with Gasteiger partial charge in [-0.2, -0.15) is 5.10 Å². The van der Waals surface area contributed by atoms with Gasteiger partial charge in [-0.1, -0.05) is 13.0 Å². The van der Waals surface area contributed by atoms with E-state index in [1.54, 1.807) is 18.4 Å². The first-order chi connectivity index (χ1) is 13.7. The average Bonchev–Trinajstić information content (AvgIpc) is 3.42. The molecule has 1 unspecified atom stereocenters. The Balaban J connectivity index is 1.60. The fraction of sp³-hybridized carbons (Fsp3) is 0.350. The first-order valence-corrected chi connectivity index (χ1v) is 10.2. The number of benzene rings is 1. The zero-order valence-electron chi connectivity index (χ0n) is 16.4. The molecule has 1 atom stereocenters. The molecule has 0 bridgehead atoms. The number of aromatic amines is 1. The number of aliphatic imine (C=N–C) groups is 1. The van der Waals surface area contributed by atoms with E-state index in [1.807, 2.05) is 24.3 Å². The number of hydrogen-bond donors (Lipinski definition) is 3. The lowest BCUT2D eigenvalue weighted by Gasteiger charge is -2.14. The molecule has 1 aromatic carbocycles. The molecule has 7 nitrogen and oxygen atoms in total. The lowest BCUT2D eigenvalue weighted by atomic mass is 10.1. The van der Waals surface area contributed by atoms with Crippen LogP contribution in [0.15, 0.2) is 46.8 Å². The Kier molecular flexibility index (Phi) is 7.02. The number of rotatable bonds is 8. The molecular formula is C20H26N6OS. The van der Waals surface area contributed by atoms with Crippen LogP contribution in [0.2, 0.25) is 0 Å². The third-order valence-corrected chi connectivity index (χ3v) is 5.32. The number of nitrogens with one attached hydrogen (secondary N) is 3. The van der Waals surface area contributed by atoms with E-state index in [2.05, 4.69) is 62.2 Å². The molecule has 2 heterocycles. The third kappa shape index (κ3) is 5.32. The summed E-state index contributed by atoms with van der Waals surface area (Å²) in [4.78, 5) is 10.5. The second-order valence-electron chi connectivity index (χ2n) is 6.33. The highest BCUT2D eigenvalue weighted by Gasteiger charge is 2.09. The summed E-state index contributed by atoms with van der Waals surface area (Å²) < 4.78 is 5.18. The molecule has 0 aliphatic heterocycles. The van der Waals surface area contributed by atoms with E-state index < -0.39 is 0 Å². The monoisotopic (exact) mass is 398 g/mol. The van der Waals surface area contributed by atoms with Gasteiger partial charge in [-0.3, -0.25) is 5.10 Å². The molecule has 0 amide bonds. The van der Waals surface area contributed by atoms with Gasteiger partial charge in [-0.05, 0) is 42.6 Å². The van der Waals surface area contributed by atoms with Gasteiger partial charge in [0.2, 0.25) is 0 Å². The SMILES string of the molecule is CCNC(=NCc1nc(-c2ccc(OC)cc2)n[nH]1)NCC(C)c1cccs1. The molecule has 0 aliphatic rings. The van der Waals surface area contributed by atoms with E-state index >= 15 is 0 Å². The summed E-state index contributed by atoms with van der Waals surface area (Å²) in [5.74, 6) is 3.37. The molecule has 0 saturated carbocycles. The summed E-state index contributed by atoms with van der Waals surface area (Å²) in [6.45, 7) is 6.30. The second kappa shape index (κ2) is 9.89. The van der Waals surface area contributed by atoms with Gasteiger partial charge in [0.1, 0.15) is 18.1 Å². The van der Waals surface area contributed by atoms with Crippen molar-refractivity contribution in [2.24, 2.45) is 4.99 Å². The van der Waals surface area contributed by atoms with E-state index in [4.69, 9.17) is 4.74 Å². The molecule has 148 valence electrons. The minimum absolute atomic E-state index is 0.422. The lowest BCUT2D eigenvalue weighted by Crippen LogP contribution is -2.39. The first-order valence-electron chi connectivity index (χ1n) is 9.31. The number of ether oxygens (including phenoxy) is 1. The van der Waals surface area contributed by atoms with Crippen LogP contribution in [-0.4, -0.2) is 41.3 Å². The Morgan fingerprint density at radius 1 is 1.25 bits per heavy atom. The van der Waals surface area contributed by atoms with Crippen molar-refractivity contribution in [3.05, 3.63) is 52.5 Å². The van der Waals surface area contributed by atoms with E-state index in [1.165, 1.54) is 4.88 Å². The average molecular weight is 399 g/mol. The van der Waals surface area contributed by atoms with Gasteiger partial charge >= 0.3 is 0 Å². The number of guanidine groups is 1. The largest absolute Gasteiger partial charge is 0.497 e. The van der Waals surface area contributed by atoms with Crippen molar-refractivity contribution in [2.75, 3.05) is 20.2 Å². The number of thiophene rings is 1. The summed E-state index contributed by atoms with van der Waals surface area (Å²) in [7, 11) is 1.65. The van der Waals surface area contributed by atoms with Crippen molar-refractivity contribution in [2.45, 2.75) is 26.3 Å². The number of aromatic nitrogens is 3. The van der Waals surface area contributed by atoms with Crippen LogP contribution in [0, 0.1) is 0 Å². The summed E-state index contributed by atoms with van der Waals surface area (Å²) in [6.07, 6.45) is 0. The van der Waals surface area contributed by atoms with Crippen molar-refractivity contribution in [3.8, 4) is 17.1 Å². The molecule has 2 aromatic heterocycles. The molecule has 3 rings (SSSR count). The Hall–Kier alpha value is -2.87. The Morgan fingerprint density at radius 2 is 2.07 bits per heavy atom. The third-order valence-electron chi connectivity index (χ3n) is 4.22. The maximum absolute atomic E-state index is 5.18. The fourth-order valence-electron chi connectivity index (χ4n) is 2.65. The minimum atomic E-state index is 0.422. The maximum Gasteiger partial charge on any atom is 0.191 e. The highest BCUT2D eigenvalue weighted by molar-refractivity contribution is 7.10. The van der Waals surface area contributed by atoms with Crippen molar-refractivity contribution in [1.82, 2.24) is 25.8 Å². The number of H-pyrrole nitrogens is 1. The maximum atomic E-state index is 5.18. The highest BCUT2D eigenvalue weighted by Crippen LogP contribution is 2.20. The van der Waals surface area contributed by atoms with Gasteiger partial charge < -0.3 is 15.4 Å². The Morgan fingerprint density at radius 3 is 2.75 bits per heavy atom. The molecular weight excluding hydrogens is 372 g/mol. The number of hydrogen-bond acceptors (Lipinski definition) is 5. The molecule has 28 heavy (non-hydrogen) atoms. The highest BCUT2D eigenvalue weighted by atomic mass is 32.1. The van der Waals surface area contributed by atoms with Crippen LogP contribution in [0.25, 0.3) is 11.4 Å². The summed E-state index contributed by atoms with van der Waals surface area (Å²) in [5.41, 5.74) is 0.932. The topological polar surface area (TPSA) is 87.2 Å². The van der Waals surface area contributed by atoms with Crippen molar-refractivity contribution < 1.29 is 4.74 Å². The van der Waals surface area contributed by atoms with Crippen LogP contribution in [0.3, 0.4) is 0 Å². The van der Waals surface area contributed by atoms with E-state index in [-0.39, 0.29) is 0 Å². The predicted molar refractivity (Wildman–Crippen MR) is 114 cm³/mol. The van der Waals surface area contributed by atoms with Gasteiger partial charge in [0.05, 0.1) is 7.11 Å². The summed E-state index contributed by atoms with van der Waals surface area (Å²) in [5, 5.41) is 16.0. The van der Waals surface area contributed by atoms with Crippen molar-refractivity contribution in [3.63, 3.8) is 0 Å². The fourth-order valence-corrected chi connectivity index (χ4v) is 3.44. The Labute approximate surface area is 169 Å². The molecule has 3 aromatic rings. The molecule has 0 radical (unpaired) electrons. The zero-order chi connectivity index (χ0) is 19.8. The van der Waals surface area contributed by atoms with Gasteiger partial charge in [-0.15, -0.1) is 11.3 Å². The van der Waals surface area contributed by atoms with E-state index in [0.29, 0.717) is 24.1 Å². The van der Waals surface area contributed by atoms with Crippen LogP contribution >= 0.6 is 11.3 Å². The summed E-state index contributed by atoms with van der Waals surface area (Å²) in [6, 6.07) is 11.9. The molecule has 0 fully saturated rings. The predicted octanol–water partition coefficient (Wildman–Crippen LogP) is 3.40. The minimum Gasteiger partial charge on any atom is -0.497 e. The molecule has 3 N–H and O–H groups in total. The van der Waals surface area contributed by atoms with Crippen LogP contribution in [0.5, 0.6) is 5.75 Å². The molecule has 8 heteroatoms. The Bertz CT molecular complexity index is 873. The van der Waals surface area contributed by atoms with E-state index in [9.17, 15) is 0 Å². The van der Waals surface area contributed by atoms with Crippen LogP contribution in [0.4, 0.5) is 0 Å². The van der Waals surface area contributed by atoms with E-state index in [0.717, 1.165) is 30.4 Å². The standard InChI is InChI=1S/C20H26N6OS/c1-4-21-20(22-12-14(2)17-6-5-11-28-17)23-13-18-24-19(26-25-18)15-7-9-16(27-3)10-8-15/h5-11,14H,4,12-13H2,1-3H3,(H2,21,22,23)(H,24,25,26). The zero-order valence-corrected chi connectivity index (χ0v) is 17.2. The quantitative estimate of drug-likeness (QED) is 0.400. The summed E-state index contributed by atoms with van der Waals surface area (Å²) >= 11 is 1.78. The van der Waals surface area contributed by atoms with Gasteiger partial charge in [-0.25, -0.2) is 9.98 Å². The number of nitrogens with zero attached hydrogens (tertiary/aromatic N) is 3. The van der Waals surface area contributed by atoms with Crippen LogP contribution in [-0.2, 0) is 6.54 Å². The van der Waals surface area contributed by atoms with Gasteiger partial charge in [0.15, 0.2) is 11.8 Å². The van der Waals surface area contributed by atoms with Gasteiger partial charge in [0.25, 0.3) is 0 Å². The van der Waals surface area contributed by atoms with Crippen LogP contribution in [0.1, 0.15) is 30.5 Å². The first kappa shape index (κ1) is 19.9. The van der Waals surface area contributed by atoms with Crippen molar-refractivity contribution in [1.29, 1.82) is 0 Å². The normalized spacial score (nSPS) is 12.6.